The molecule has 0 radical (unpaired) electrons. The Balaban J connectivity index is 2.86. The number of aromatic nitrogens is 2. The Morgan fingerprint density at radius 1 is 1.36 bits per heavy atom. The number of aryl methyl sites for hydroxylation is 2. The minimum Gasteiger partial charge on any atom is -0.359 e. The summed E-state index contributed by atoms with van der Waals surface area (Å²) in [6.45, 7) is 3.84. The van der Waals surface area contributed by atoms with Crippen molar-refractivity contribution in [3.05, 3.63) is 23.6 Å². The molecule has 0 saturated carbocycles. The molecule has 3 nitrogen and oxygen atoms in total. The molecule has 2 aromatic rings. The third kappa shape index (κ3) is 0.888. The van der Waals surface area contributed by atoms with Gasteiger partial charge in [-0.15, -0.1) is 0 Å². The number of hydrogen-bond acceptors (Lipinski definition) is 3. The number of nitrogens with zero attached hydrogens (tertiary/aromatic N) is 2. The second kappa shape index (κ2) is 2.05. The van der Waals surface area contributed by atoms with Gasteiger partial charge in [0.25, 0.3) is 0 Å². The first-order chi connectivity index (χ1) is 5.27. The van der Waals surface area contributed by atoms with Crippen LogP contribution in [-0.4, -0.2) is 10.1 Å². The standard InChI is InChI=1S/C8H8N2O/c1-5-3-7-8(9-4-5)6(2)11-10-7/h3-4H,1-2H3. The van der Waals surface area contributed by atoms with Crippen LogP contribution < -0.4 is 0 Å². The molecule has 0 unspecified atom stereocenters. The van der Waals surface area contributed by atoms with Crippen LogP contribution in [0.15, 0.2) is 16.8 Å². The first-order valence-corrected chi connectivity index (χ1v) is 3.46. The van der Waals surface area contributed by atoms with E-state index in [1.54, 1.807) is 0 Å². The van der Waals surface area contributed by atoms with Gasteiger partial charge in [0.1, 0.15) is 11.0 Å². The first kappa shape index (κ1) is 6.34. The molecule has 0 amide bonds. The summed E-state index contributed by atoms with van der Waals surface area (Å²) in [5.74, 6) is 0.778. The molecule has 0 aliphatic carbocycles. The lowest BCUT2D eigenvalue weighted by atomic mass is 10.2. The van der Waals surface area contributed by atoms with Gasteiger partial charge in [-0.3, -0.25) is 4.98 Å². The fourth-order valence-corrected chi connectivity index (χ4v) is 1.06. The van der Waals surface area contributed by atoms with E-state index in [4.69, 9.17) is 4.52 Å². The molecule has 0 atom stereocenters. The van der Waals surface area contributed by atoms with Gasteiger partial charge in [-0.2, -0.15) is 0 Å². The van der Waals surface area contributed by atoms with Crippen LogP contribution >= 0.6 is 0 Å². The average molecular weight is 148 g/mol. The van der Waals surface area contributed by atoms with E-state index in [0.717, 1.165) is 22.4 Å². The van der Waals surface area contributed by atoms with E-state index in [-0.39, 0.29) is 0 Å². The van der Waals surface area contributed by atoms with Gasteiger partial charge in [0, 0.05) is 6.20 Å². The van der Waals surface area contributed by atoms with E-state index < -0.39 is 0 Å². The monoisotopic (exact) mass is 148 g/mol. The van der Waals surface area contributed by atoms with E-state index in [1.807, 2.05) is 26.1 Å². The Bertz CT molecular complexity index is 392. The quantitative estimate of drug-likeness (QED) is 0.572. The summed E-state index contributed by atoms with van der Waals surface area (Å²) in [7, 11) is 0. The minimum absolute atomic E-state index is 0.778. The van der Waals surface area contributed by atoms with Gasteiger partial charge >= 0.3 is 0 Å². The number of pyridine rings is 1. The molecule has 56 valence electrons. The summed E-state index contributed by atoms with van der Waals surface area (Å²) < 4.78 is 4.96. The molecule has 2 heterocycles. The fraction of sp³-hybridized carbons (Fsp3) is 0.250. The smallest absolute Gasteiger partial charge is 0.159 e. The number of fused-ring (bicyclic) bond motifs is 1. The summed E-state index contributed by atoms with van der Waals surface area (Å²) in [6.07, 6.45) is 1.81. The third-order valence-electron chi connectivity index (χ3n) is 1.62. The molecule has 0 N–H and O–H groups in total. The second-order valence-corrected chi connectivity index (χ2v) is 2.62. The normalized spacial score (nSPS) is 10.7. The topological polar surface area (TPSA) is 38.9 Å². The van der Waals surface area contributed by atoms with Crippen LogP contribution in [0.1, 0.15) is 11.3 Å². The molecule has 2 aromatic heterocycles. The average Bonchev–Trinajstić information content (AvgIpc) is 2.32. The molecule has 3 heteroatoms. The molecule has 0 fully saturated rings. The molecule has 0 bridgehead atoms. The summed E-state index contributed by atoms with van der Waals surface area (Å²) in [5, 5.41) is 3.84. The van der Waals surface area contributed by atoms with Crippen molar-refractivity contribution in [1.29, 1.82) is 0 Å². The highest BCUT2D eigenvalue weighted by atomic mass is 16.5. The van der Waals surface area contributed by atoms with Gasteiger partial charge in [-0.25, -0.2) is 0 Å². The Kier molecular flexibility index (Phi) is 1.18. The molecule has 0 aliphatic rings. The zero-order valence-electron chi connectivity index (χ0n) is 6.46. The lowest BCUT2D eigenvalue weighted by Crippen LogP contribution is -1.78. The molecule has 0 saturated heterocycles. The Morgan fingerprint density at radius 3 is 3.00 bits per heavy atom. The van der Waals surface area contributed by atoms with Crippen molar-refractivity contribution in [1.82, 2.24) is 10.1 Å². The maximum atomic E-state index is 4.96. The Hall–Kier alpha value is -1.38. The predicted octanol–water partition coefficient (Wildman–Crippen LogP) is 1.84. The van der Waals surface area contributed by atoms with Gasteiger partial charge in [0.2, 0.25) is 0 Å². The third-order valence-corrected chi connectivity index (χ3v) is 1.62. The van der Waals surface area contributed by atoms with Crippen molar-refractivity contribution in [2.75, 3.05) is 0 Å². The van der Waals surface area contributed by atoms with E-state index in [0.29, 0.717) is 0 Å². The lowest BCUT2D eigenvalue weighted by molar-refractivity contribution is 0.405. The Labute approximate surface area is 64.0 Å². The highest BCUT2D eigenvalue weighted by Crippen LogP contribution is 2.14. The van der Waals surface area contributed by atoms with E-state index in [9.17, 15) is 0 Å². The van der Waals surface area contributed by atoms with Crippen LogP contribution in [0.3, 0.4) is 0 Å². The van der Waals surface area contributed by atoms with E-state index in [2.05, 4.69) is 10.1 Å². The molecular formula is C8H8N2O. The van der Waals surface area contributed by atoms with Crippen LogP contribution in [0.4, 0.5) is 0 Å². The summed E-state index contributed by atoms with van der Waals surface area (Å²) in [4.78, 5) is 4.18. The largest absolute Gasteiger partial charge is 0.359 e. The van der Waals surface area contributed by atoms with Crippen LogP contribution in [0.5, 0.6) is 0 Å². The SMILES string of the molecule is Cc1cnc2c(C)onc2c1. The zero-order chi connectivity index (χ0) is 7.84. The summed E-state index contributed by atoms with van der Waals surface area (Å²) in [6, 6.07) is 1.96. The van der Waals surface area contributed by atoms with Crippen molar-refractivity contribution < 1.29 is 4.52 Å². The van der Waals surface area contributed by atoms with Crippen LogP contribution in [0.2, 0.25) is 0 Å². The molecule has 0 aromatic carbocycles. The fourth-order valence-electron chi connectivity index (χ4n) is 1.06. The lowest BCUT2D eigenvalue weighted by Gasteiger charge is -1.88. The second-order valence-electron chi connectivity index (χ2n) is 2.62. The maximum Gasteiger partial charge on any atom is 0.159 e. The maximum absolute atomic E-state index is 4.96. The van der Waals surface area contributed by atoms with Gasteiger partial charge in [-0.05, 0) is 25.5 Å². The van der Waals surface area contributed by atoms with Crippen molar-refractivity contribution in [3.63, 3.8) is 0 Å². The molecular weight excluding hydrogens is 140 g/mol. The zero-order valence-corrected chi connectivity index (χ0v) is 6.46. The van der Waals surface area contributed by atoms with E-state index >= 15 is 0 Å². The van der Waals surface area contributed by atoms with Crippen molar-refractivity contribution >= 4 is 11.0 Å². The Morgan fingerprint density at radius 2 is 2.18 bits per heavy atom. The van der Waals surface area contributed by atoms with Crippen molar-refractivity contribution in [2.45, 2.75) is 13.8 Å². The highest BCUT2D eigenvalue weighted by Gasteiger charge is 2.03. The van der Waals surface area contributed by atoms with Crippen LogP contribution in [0.25, 0.3) is 11.0 Å². The van der Waals surface area contributed by atoms with Crippen molar-refractivity contribution in [3.8, 4) is 0 Å². The molecule has 2 rings (SSSR count). The van der Waals surface area contributed by atoms with E-state index in [1.165, 1.54) is 0 Å². The number of rotatable bonds is 0. The molecule has 0 spiro atoms. The van der Waals surface area contributed by atoms with Gasteiger partial charge in [-0.1, -0.05) is 5.16 Å². The van der Waals surface area contributed by atoms with Gasteiger partial charge in [0.15, 0.2) is 5.76 Å². The summed E-state index contributed by atoms with van der Waals surface area (Å²) in [5.41, 5.74) is 2.80. The summed E-state index contributed by atoms with van der Waals surface area (Å²) >= 11 is 0. The highest BCUT2D eigenvalue weighted by molar-refractivity contribution is 5.75. The molecule has 0 aliphatic heterocycles. The minimum atomic E-state index is 0.778. The van der Waals surface area contributed by atoms with Crippen LogP contribution in [0, 0.1) is 13.8 Å². The first-order valence-electron chi connectivity index (χ1n) is 3.46. The molecule has 11 heavy (non-hydrogen) atoms. The van der Waals surface area contributed by atoms with Crippen LogP contribution in [-0.2, 0) is 0 Å². The van der Waals surface area contributed by atoms with Gasteiger partial charge < -0.3 is 4.52 Å². The van der Waals surface area contributed by atoms with Gasteiger partial charge in [0.05, 0.1) is 0 Å². The predicted molar refractivity (Wildman–Crippen MR) is 41.3 cm³/mol. The number of hydrogen-bond donors (Lipinski definition) is 0. The van der Waals surface area contributed by atoms with Crippen molar-refractivity contribution in [2.24, 2.45) is 0 Å².